The van der Waals surface area contributed by atoms with Crippen LogP contribution in [-0.2, 0) is 13.6 Å². The minimum absolute atomic E-state index is 0. The van der Waals surface area contributed by atoms with E-state index in [-0.39, 0.29) is 24.0 Å². The first kappa shape index (κ1) is 21.1. The molecule has 0 aliphatic rings. The number of unbranched alkanes of at least 4 members (excludes halogenated alkanes) is 1. The summed E-state index contributed by atoms with van der Waals surface area (Å²) in [6, 6.07) is 0. The lowest BCUT2D eigenvalue weighted by Gasteiger charge is -2.18. The minimum atomic E-state index is 0. The summed E-state index contributed by atoms with van der Waals surface area (Å²) in [7, 11) is 1.88. The Hall–Kier alpha value is -0.860. The van der Waals surface area contributed by atoms with Crippen LogP contribution in [0, 0.1) is 5.41 Å². The molecule has 0 fully saturated rings. The van der Waals surface area contributed by atoms with Crippen LogP contribution in [-0.4, -0.2) is 33.8 Å². The second kappa shape index (κ2) is 10.8. The molecule has 0 saturated heterocycles. The standard InChI is InChI=1S/C15H30N6.HI/c1-6-16-14(17-10-8-7-9-15(2,3)4)18-11-13-19-12-20-21(13)5;/h12H,6-11H2,1-5H3,(H2,16,17,18);1H. The summed E-state index contributed by atoms with van der Waals surface area (Å²) >= 11 is 0. The Balaban J connectivity index is 0.00000441. The van der Waals surface area contributed by atoms with Crippen molar-refractivity contribution in [2.45, 2.75) is 53.5 Å². The maximum Gasteiger partial charge on any atom is 0.191 e. The van der Waals surface area contributed by atoms with Gasteiger partial charge in [-0.2, -0.15) is 5.10 Å². The fraction of sp³-hybridized carbons (Fsp3) is 0.800. The van der Waals surface area contributed by atoms with E-state index in [1.165, 1.54) is 12.8 Å². The molecule has 0 aliphatic carbocycles. The third-order valence-corrected chi connectivity index (χ3v) is 3.17. The van der Waals surface area contributed by atoms with Crippen LogP contribution >= 0.6 is 24.0 Å². The Morgan fingerprint density at radius 3 is 2.55 bits per heavy atom. The van der Waals surface area contributed by atoms with Crippen molar-refractivity contribution >= 4 is 29.9 Å². The molecule has 128 valence electrons. The predicted octanol–water partition coefficient (Wildman–Crippen LogP) is 2.70. The molecule has 0 amide bonds. The van der Waals surface area contributed by atoms with E-state index < -0.39 is 0 Å². The summed E-state index contributed by atoms with van der Waals surface area (Å²) in [5.41, 5.74) is 0.420. The Kier molecular flexibility index (Phi) is 10.4. The van der Waals surface area contributed by atoms with Gasteiger partial charge in [-0.1, -0.05) is 27.2 Å². The van der Waals surface area contributed by atoms with Crippen LogP contribution in [0.2, 0.25) is 0 Å². The number of nitrogens with zero attached hydrogens (tertiary/aromatic N) is 4. The first-order valence-electron chi connectivity index (χ1n) is 7.77. The fourth-order valence-electron chi connectivity index (χ4n) is 1.94. The third-order valence-electron chi connectivity index (χ3n) is 3.17. The maximum absolute atomic E-state index is 4.53. The van der Waals surface area contributed by atoms with E-state index in [9.17, 15) is 0 Å². The molecule has 22 heavy (non-hydrogen) atoms. The van der Waals surface area contributed by atoms with Crippen LogP contribution < -0.4 is 10.6 Å². The molecule has 1 aromatic rings. The van der Waals surface area contributed by atoms with Gasteiger partial charge in [-0.05, 0) is 25.2 Å². The van der Waals surface area contributed by atoms with Gasteiger partial charge >= 0.3 is 0 Å². The highest BCUT2D eigenvalue weighted by Crippen LogP contribution is 2.21. The number of hydrogen-bond donors (Lipinski definition) is 2. The molecule has 0 spiro atoms. The van der Waals surface area contributed by atoms with Gasteiger partial charge in [-0.3, -0.25) is 4.68 Å². The van der Waals surface area contributed by atoms with Crippen molar-refractivity contribution in [3.8, 4) is 0 Å². The van der Waals surface area contributed by atoms with E-state index in [2.05, 4.69) is 53.4 Å². The number of aryl methyl sites for hydroxylation is 1. The molecule has 0 saturated carbocycles. The van der Waals surface area contributed by atoms with Crippen molar-refractivity contribution in [1.82, 2.24) is 25.4 Å². The summed E-state index contributed by atoms with van der Waals surface area (Å²) in [6.07, 6.45) is 5.20. The number of hydrogen-bond acceptors (Lipinski definition) is 3. The van der Waals surface area contributed by atoms with Crippen LogP contribution in [0.25, 0.3) is 0 Å². The number of guanidine groups is 1. The smallest absolute Gasteiger partial charge is 0.191 e. The first-order valence-corrected chi connectivity index (χ1v) is 7.77. The van der Waals surface area contributed by atoms with Crippen molar-refractivity contribution in [3.63, 3.8) is 0 Å². The van der Waals surface area contributed by atoms with Crippen molar-refractivity contribution in [3.05, 3.63) is 12.2 Å². The molecular weight excluding hydrogens is 391 g/mol. The van der Waals surface area contributed by atoms with Crippen molar-refractivity contribution < 1.29 is 0 Å². The molecule has 1 aromatic heterocycles. The second-order valence-corrected chi connectivity index (χ2v) is 6.44. The Morgan fingerprint density at radius 1 is 1.27 bits per heavy atom. The summed E-state index contributed by atoms with van der Waals surface area (Å²) in [4.78, 5) is 8.71. The SMILES string of the molecule is CCNC(=NCc1ncnn1C)NCCCCC(C)(C)C.I. The Labute approximate surface area is 151 Å². The zero-order valence-electron chi connectivity index (χ0n) is 14.5. The molecular formula is C15H31IN6. The second-order valence-electron chi connectivity index (χ2n) is 6.44. The van der Waals surface area contributed by atoms with Gasteiger partial charge in [-0.25, -0.2) is 9.98 Å². The molecule has 0 aromatic carbocycles. The number of halogens is 1. The van der Waals surface area contributed by atoms with Crippen molar-refractivity contribution in [2.24, 2.45) is 17.5 Å². The van der Waals surface area contributed by atoms with Gasteiger partial charge in [0.25, 0.3) is 0 Å². The number of aliphatic imine (C=N–C) groups is 1. The lowest BCUT2D eigenvalue weighted by atomic mass is 9.90. The molecule has 1 rings (SSSR count). The molecule has 0 bridgehead atoms. The quantitative estimate of drug-likeness (QED) is 0.307. The number of aromatic nitrogens is 3. The minimum Gasteiger partial charge on any atom is -0.357 e. The van der Waals surface area contributed by atoms with Gasteiger partial charge in [0, 0.05) is 20.1 Å². The van der Waals surface area contributed by atoms with E-state index in [0.717, 1.165) is 31.3 Å². The summed E-state index contributed by atoms with van der Waals surface area (Å²) < 4.78 is 1.75. The van der Waals surface area contributed by atoms with Gasteiger partial charge in [0.05, 0.1) is 0 Å². The lowest BCUT2D eigenvalue weighted by molar-refractivity contribution is 0.360. The van der Waals surface area contributed by atoms with Gasteiger partial charge in [0.2, 0.25) is 0 Å². The maximum atomic E-state index is 4.53. The highest BCUT2D eigenvalue weighted by molar-refractivity contribution is 14.0. The van der Waals surface area contributed by atoms with Gasteiger partial charge < -0.3 is 10.6 Å². The van der Waals surface area contributed by atoms with Gasteiger partial charge in [0.15, 0.2) is 5.96 Å². The fourth-order valence-corrected chi connectivity index (χ4v) is 1.94. The largest absolute Gasteiger partial charge is 0.357 e. The molecule has 0 atom stereocenters. The van der Waals surface area contributed by atoms with Crippen LogP contribution in [0.1, 0.15) is 52.8 Å². The van der Waals surface area contributed by atoms with Crippen LogP contribution in [0.3, 0.4) is 0 Å². The van der Waals surface area contributed by atoms with Gasteiger partial charge in [-0.15, -0.1) is 24.0 Å². The highest BCUT2D eigenvalue weighted by atomic mass is 127. The molecule has 6 nitrogen and oxygen atoms in total. The number of rotatable bonds is 7. The topological polar surface area (TPSA) is 67.1 Å². The average molecular weight is 422 g/mol. The van der Waals surface area contributed by atoms with Crippen molar-refractivity contribution in [2.75, 3.05) is 13.1 Å². The molecule has 2 N–H and O–H groups in total. The van der Waals surface area contributed by atoms with E-state index in [4.69, 9.17) is 0 Å². The van der Waals surface area contributed by atoms with E-state index in [1.807, 2.05) is 7.05 Å². The normalized spacial score (nSPS) is 12.0. The van der Waals surface area contributed by atoms with Crippen LogP contribution in [0.15, 0.2) is 11.3 Å². The molecule has 0 radical (unpaired) electrons. The molecule has 0 unspecified atom stereocenters. The first-order chi connectivity index (χ1) is 9.92. The molecule has 0 aliphatic heterocycles. The summed E-state index contributed by atoms with van der Waals surface area (Å²) in [5, 5.41) is 10.7. The molecule has 1 heterocycles. The monoisotopic (exact) mass is 422 g/mol. The zero-order valence-corrected chi connectivity index (χ0v) is 16.8. The zero-order chi connectivity index (χ0) is 15.7. The highest BCUT2D eigenvalue weighted by Gasteiger charge is 2.08. The average Bonchev–Trinajstić information content (AvgIpc) is 2.79. The predicted molar refractivity (Wildman–Crippen MR) is 103 cm³/mol. The van der Waals surface area contributed by atoms with E-state index >= 15 is 0 Å². The summed E-state index contributed by atoms with van der Waals surface area (Å²) in [6.45, 7) is 11.3. The third kappa shape index (κ3) is 9.22. The van der Waals surface area contributed by atoms with Gasteiger partial charge in [0.1, 0.15) is 18.7 Å². The molecule has 7 heteroatoms. The Morgan fingerprint density at radius 2 is 2.00 bits per heavy atom. The van der Waals surface area contributed by atoms with Crippen molar-refractivity contribution in [1.29, 1.82) is 0 Å². The number of nitrogens with one attached hydrogen (secondary N) is 2. The Bertz CT molecular complexity index is 435. The van der Waals surface area contributed by atoms with E-state index in [1.54, 1.807) is 11.0 Å². The van der Waals surface area contributed by atoms with Crippen LogP contribution in [0.4, 0.5) is 0 Å². The summed E-state index contributed by atoms with van der Waals surface area (Å²) in [5.74, 6) is 1.70. The van der Waals surface area contributed by atoms with Crippen LogP contribution in [0.5, 0.6) is 0 Å². The lowest BCUT2D eigenvalue weighted by Crippen LogP contribution is -2.37. The van der Waals surface area contributed by atoms with E-state index in [0.29, 0.717) is 12.0 Å².